The molecule has 16 heavy (non-hydrogen) atoms. The second kappa shape index (κ2) is 5.61. The Morgan fingerprint density at radius 1 is 1.75 bits per heavy atom. The molecule has 0 aromatic carbocycles. The maximum absolute atomic E-state index is 12.0. The van der Waals surface area contributed by atoms with Crippen molar-refractivity contribution in [2.75, 3.05) is 7.05 Å². The zero-order chi connectivity index (χ0) is 12.1. The number of rotatable bonds is 3. The summed E-state index contributed by atoms with van der Waals surface area (Å²) < 4.78 is 0.625. The molecule has 0 N–H and O–H groups in total. The van der Waals surface area contributed by atoms with Crippen LogP contribution in [0.1, 0.15) is 23.7 Å². The van der Waals surface area contributed by atoms with Crippen LogP contribution in [0, 0.1) is 11.3 Å². The van der Waals surface area contributed by atoms with Gasteiger partial charge in [0.1, 0.15) is 4.60 Å². The van der Waals surface area contributed by atoms with Gasteiger partial charge in [-0.05, 0) is 35.0 Å². The number of hydrogen-bond donors (Lipinski definition) is 0. The highest BCUT2D eigenvalue weighted by molar-refractivity contribution is 9.10. The zero-order valence-electron chi connectivity index (χ0n) is 9.14. The van der Waals surface area contributed by atoms with Crippen molar-refractivity contribution >= 4 is 21.8 Å². The summed E-state index contributed by atoms with van der Waals surface area (Å²) >= 11 is 3.21. The maximum atomic E-state index is 12.0. The third-order valence-corrected chi connectivity index (χ3v) is 2.78. The third-order valence-electron chi connectivity index (χ3n) is 2.34. The van der Waals surface area contributed by atoms with Crippen molar-refractivity contribution in [3.8, 4) is 6.07 Å². The van der Waals surface area contributed by atoms with Gasteiger partial charge >= 0.3 is 0 Å². The van der Waals surface area contributed by atoms with Gasteiger partial charge in [-0.15, -0.1) is 0 Å². The minimum Gasteiger partial charge on any atom is -0.338 e. The van der Waals surface area contributed by atoms with Gasteiger partial charge in [-0.3, -0.25) is 4.79 Å². The van der Waals surface area contributed by atoms with Gasteiger partial charge < -0.3 is 4.90 Å². The summed E-state index contributed by atoms with van der Waals surface area (Å²) in [5.41, 5.74) is 0.564. The highest BCUT2D eigenvalue weighted by Crippen LogP contribution is 2.12. The van der Waals surface area contributed by atoms with Gasteiger partial charge in [0.2, 0.25) is 0 Å². The lowest BCUT2D eigenvalue weighted by Crippen LogP contribution is -2.34. The quantitative estimate of drug-likeness (QED) is 0.799. The number of pyridine rings is 1. The molecule has 0 spiro atoms. The Bertz CT molecular complexity index is 427. The van der Waals surface area contributed by atoms with Crippen molar-refractivity contribution < 1.29 is 4.79 Å². The number of nitrogens with zero attached hydrogens (tertiary/aromatic N) is 3. The number of carbonyl (C=O) groups excluding carboxylic acids is 1. The van der Waals surface area contributed by atoms with Crippen LogP contribution in [-0.4, -0.2) is 28.9 Å². The number of hydrogen-bond acceptors (Lipinski definition) is 3. The van der Waals surface area contributed by atoms with Gasteiger partial charge in [-0.25, -0.2) is 4.98 Å². The van der Waals surface area contributed by atoms with Gasteiger partial charge in [-0.2, -0.15) is 5.26 Å². The minimum atomic E-state index is -0.106. The summed E-state index contributed by atoms with van der Waals surface area (Å²) in [5.74, 6) is -0.106. The molecule has 4 nitrogen and oxygen atoms in total. The van der Waals surface area contributed by atoms with E-state index in [0.717, 1.165) is 0 Å². The molecule has 5 heteroatoms. The van der Waals surface area contributed by atoms with Crippen molar-refractivity contribution in [2.24, 2.45) is 0 Å². The average molecular weight is 282 g/mol. The monoisotopic (exact) mass is 281 g/mol. The number of amides is 1. The summed E-state index contributed by atoms with van der Waals surface area (Å²) in [4.78, 5) is 17.5. The van der Waals surface area contributed by atoms with Crippen molar-refractivity contribution in [1.29, 1.82) is 5.26 Å². The average Bonchev–Trinajstić information content (AvgIpc) is 2.27. The van der Waals surface area contributed by atoms with Crippen LogP contribution in [0.4, 0.5) is 0 Å². The molecule has 0 fully saturated rings. The summed E-state index contributed by atoms with van der Waals surface area (Å²) in [6, 6.07) is 5.28. The van der Waals surface area contributed by atoms with Crippen LogP contribution in [0.5, 0.6) is 0 Å². The molecule has 0 radical (unpaired) electrons. The molecule has 1 amide bonds. The molecule has 1 rings (SSSR count). The van der Waals surface area contributed by atoms with E-state index in [1.54, 1.807) is 30.3 Å². The lowest BCUT2D eigenvalue weighted by atomic mass is 10.2. The van der Waals surface area contributed by atoms with Crippen molar-refractivity contribution in [3.05, 3.63) is 28.5 Å². The second-order valence-electron chi connectivity index (χ2n) is 3.49. The van der Waals surface area contributed by atoms with Gasteiger partial charge in [0.05, 0.1) is 12.5 Å². The van der Waals surface area contributed by atoms with Gasteiger partial charge in [0.15, 0.2) is 0 Å². The first kappa shape index (κ1) is 12.7. The highest BCUT2D eigenvalue weighted by atomic mass is 79.9. The molecule has 1 aromatic rings. The van der Waals surface area contributed by atoms with E-state index in [0.29, 0.717) is 16.6 Å². The molecule has 0 aliphatic heterocycles. The fourth-order valence-corrected chi connectivity index (χ4v) is 1.57. The van der Waals surface area contributed by atoms with Crippen LogP contribution >= 0.6 is 15.9 Å². The van der Waals surface area contributed by atoms with E-state index < -0.39 is 0 Å². The number of nitriles is 1. The predicted octanol–water partition coefficient (Wildman–Crippen LogP) is 2.22. The van der Waals surface area contributed by atoms with Gasteiger partial charge in [0.25, 0.3) is 5.91 Å². The van der Waals surface area contributed by atoms with E-state index >= 15 is 0 Å². The maximum Gasteiger partial charge on any atom is 0.254 e. The van der Waals surface area contributed by atoms with Crippen LogP contribution in [0.15, 0.2) is 22.9 Å². The number of aromatic nitrogens is 1. The smallest absolute Gasteiger partial charge is 0.254 e. The third kappa shape index (κ3) is 3.04. The van der Waals surface area contributed by atoms with Crippen LogP contribution < -0.4 is 0 Å². The summed E-state index contributed by atoms with van der Waals surface area (Å²) in [7, 11) is 1.69. The molecule has 1 atom stereocenters. The Kier molecular flexibility index (Phi) is 4.44. The van der Waals surface area contributed by atoms with E-state index in [1.165, 1.54) is 0 Å². The molecule has 0 saturated carbocycles. The summed E-state index contributed by atoms with van der Waals surface area (Å²) in [5, 5.41) is 8.58. The number of carbonyl (C=O) groups is 1. The first-order valence-electron chi connectivity index (χ1n) is 4.82. The molecule has 0 bridgehead atoms. The Morgan fingerprint density at radius 3 is 3.00 bits per heavy atom. The Balaban J connectivity index is 2.82. The fourth-order valence-electron chi connectivity index (χ4n) is 1.21. The standard InChI is InChI=1S/C11H12BrN3O/c1-8(3-5-13)15(2)11(16)9-4-6-14-10(12)7-9/h4,6-8H,3H2,1-2H3. The summed E-state index contributed by atoms with van der Waals surface area (Å²) in [6.45, 7) is 1.84. The SMILES string of the molecule is CC(CC#N)N(C)C(=O)c1ccnc(Br)c1. The molecule has 1 aromatic heterocycles. The van der Waals surface area contributed by atoms with Crippen molar-refractivity contribution in [1.82, 2.24) is 9.88 Å². The molecule has 1 unspecified atom stereocenters. The van der Waals surface area contributed by atoms with E-state index in [9.17, 15) is 4.79 Å². The highest BCUT2D eigenvalue weighted by Gasteiger charge is 2.17. The summed E-state index contributed by atoms with van der Waals surface area (Å²) in [6.07, 6.45) is 1.90. The largest absolute Gasteiger partial charge is 0.338 e. The van der Waals surface area contributed by atoms with E-state index in [-0.39, 0.29) is 11.9 Å². The van der Waals surface area contributed by atoms with Crippen LogP contribution in [0.25, 0.3) is 0 Å². The molecule has 0 aliphatic rings. The molecular formula is C11H12BrN3O. The van der Waals surface area contributed by atoms with Gasteiger partial charge in [0, 0.05) is 24.8 Å². The zero-order valence-corrected chi connectivity index (χ0v) is 10.7. The van der Waals surface area contributed by atoms with E-state index in [4.69, 9.17) is 5.26 Å². The molecule has 0 saturated heterocycles. The van der Waals surface area contributed by atoms with Crippen LogP contribution in [0.3, 0.4) is 0 Å². The predicted molar refractivity (Wildman–Crippen MR) is 63.7 cm³/mol. The first-order valence-corrected chi connectivity index (χ1v) is 5.61. The van der Waals surface area contributed by atoms with Crippen LogP contribution in [-0.2, 0) is 0 Å². The van der Waals surface area contributed by atoms with Gasteiger partial charge in [-0.1, -0.05) is 0 Å². The fraction of sp³-hybridized carbons (Fsp3) is 0.364. The Labute approximate surface area is 103 Å². The minimum absolute atomic E-state index is 0.0931. The molecule has 0 aliphatic carbocycles. The number of halogens is 1. The topological polar surface area (TPSA) is 57.0 Å². The first-order chi connectivity index (χ1) is 7.56. The second-order valence-corrected chi connectivity index (χ2v) is 4.31. The van der Waals surface area contributed by atoms with Crippen molar-refractivity contribution in [2.45, 2.75) is 19.4 Å². The molecular weight excluding hydrogens is 270 g/mol. The van der Waals surface area contributed by atoms with E-state index in [2.05, 4.69) is 27.0 Å². The molecule has 1 heterocycles. The Hall–Kier alpha value is -1.41. The normalized spacial score (nSPS) is 11.6. The van der Waals surface area contributed by atoms with Crippen molar-refractivity contribution in [3.63, 3.8) is 0 Å². The lowest BCUT2D eigenvalue weighted by molar-refractivity contribution is 0.0746. The van der Waals surface area contributed by atoms with Crippen LogP contribution in [0.2, 0.25) is 0 Å². The molecule has 84 valence electrons. The van der Waals surface area contributed by atoms with E-state index in [1.807, 2.05) is 6.92 Å². The lowest BCUT2D eigenvalue weighted by Gasteiger charge is -2.22. The Morgan fingerprint density at radius 2 is 2.44 bits per heavy atom.